The van der Waals surface area contributed by atoms with Crippen LogP contribution in [0.15, 0.2) is 42.6 Å². The summed E-state index contributed by atoms with van der Waals surface area (Å²) in [5, 5.41) is 0.459. The van der Waals surface area contributed by atoms with E-state index in [1.807, 2.05) is 0 Å². The van der Waals surface area contributed by atoms with Crippen LogP contribution in [0.2, 0.25) is 5.02 Å². The maximum atomic E-state index is 12.8. The standard InChI is InChI=1S/C14H9Br3ClNO3S/c15-8-4-10(16)14(11(17)5-8)23(20,21)19-12-6-9(18)3-7-1-2-22-13(7)12/h3-6,19H,1-2H2. The van der Waals surface area contributed by atoms with Gasteiger partial charge in [-0.3, -0.25) is 4.72 Å². The molecule has 2 aromatic rings. The third-order valence-corrected chi connectivity index (χ3v) is 7.14. The molecule has 0 amide bonds. The molecule has 0 fully saturated rings. The molecule has 3 rings (SSSR count). The predicted molar refractivity (Wildman–Crippen MR) is 101 cm³/mol. The lowest BCUT2D eigenvalue weighted by atomic mass is 10.1. The molecule has 1 heterocycles. The van der Waals surface area contributed by atoms with Gasteiger partial charge < -0.3 is 4.74 Å². The molecule has 0 radical (unpaired) electrons. The molecule has 122 valence electrons. The Hall–Kier alpha value is -0.280. The van der Waals surface area contributed by atoms with E-state index in [-0.39, 0.29) is 4.90 Å². The lowest BCUT2D eigenvalue weighted by molar-refractivity contribution is 0.358. The molecule has 0 aliphatic carbocycles. The fourth-order valence-corrected chi connectivity index (χ4v) is 7.28. The van der Waals surface area contributed by atoms with Crippen LogP contribution >= 0.6 is 59.4 Å². The summed E-state index contributed by atoms with van der Waals surface area (Å²) in [5.74, 6) is 0.530. The van der Waals surface area contributed by atoms with Gasteiger partial charge in [0, 0.05) is 30.4 Å². The molecular weight excluding hydrogens is 537 g/mol. The Balaban J connectivity index is 2.07. The zero-order valence-electron chi connectivity index (χ0n) is 11.4. The van der Waals surface area contributed by atoms with Gasteiger partial charge in [-0.05, 0) is 56.1 Å². The number of nitrogens with one attached hydrogen (secondary N) is 1. The van der Waals surface area contributed by atoms with Crippen molar-refractivity contribution in [2.24, 2.45) is 0 Å². The predicted octanol–water partition coefficient (Wildman–Crippen LogP) is 5.36. The number of benzene rings is 2. The minimum absolute atomic E-state index is 0.104. The van der Waals surface area contributed by atoms with Gasteiger partial charge in [-0.15, -0.1) is 0 Å². The van der Waals surface area contributed by atoms with Crippen molar-refractivity contribution < 1.29 is 13.2 Å². The Labute approximate surface area is 164 Å². The number of fused-ring (bicyclic) bond motifs is 1. The second-order valence-corrected chi connectivity index (χ2v) is 9.52. The lowest BCUT2D eigenvalue weighted by Gasteiger charge is -2.14. The lowest BCUT2D eigenvalue weighted by Crippen LogP contribution is -2.15. The molecule has 0 aromatic heterocycles. The largest absolute Gasteiger partial charge is 0.491 e. The van der Waals surface area contributed by atoms with E-state index in [0.29, 0.717) is 38.4 Å². The fourth-order valence-electron chi connectivity index (χ4n) is 2.33. The van der Waals surface area contributed by atoms with Crippen LogP contribution in [0.4, 0.5) is 5.69 Å². The highest BCUT2D eigenvalue weighted by atomic mass is 79.9. The highest BCUT2D eigenvalue weighted by Crippen LogP contribution is 2.40. The van der Waals surface area contributed by atoms with E-state index < -0.39 is 10.0 Å². The van der Waals surface area contributed by atoms with E-state index in [9.17, 15) is 8.42 Å². The summed E-state index contributed by atoms with van der Waals surface area (Å²) in [4.78, 5) is 0.104. The third-order valence-electron chi connectivity index (χ3n) is 3.22. The number of sulfonamides is 1. The number of hydrogen-bond acceptors (Lipinski definition) is 3. The maximum absolute atomic E-state index is 12.8. The molecule has 23 heavy (non-hydrogen) atoms. The SMILES string of the molecule is O=S(=O)(Nc1cc(Cl)cc2c1OCC2)c1c(Br)cc(Br)cc1Br. The first-order valence-corrected chi connectivity index (χ1v) is 10.6. The van der Waals surface area contributed by atoms with Crippen LogP contribution in [0.25, 0.3) is 0 Å². The van der Waals surface area contributed by atoms with Gasteiger partial charge in [0.15, 0.2) is 0 Å². The van der Waals surface area contributed by atoms with Crippen molar-refractivity contribution in [1.82, 2.24) is 0 Å². The van der Waals surface area contributed by atoms with Crippen LogP contribution in [0.1, 0.15) is 5.56 Å². The molecule has 0 saturated heterocycles. The normalized spacial score (nSPS) is 13.6. The second-order valence-electron chi connectivity index (χ2n) is 4.84. The van der Waals surface area contributed by atoms with E-state index in [2.05, 4.69) is 52.5 Å². The molecule has 0 spiro atoms. The minimum Gasteiger partial charge on any atom is -0.491 e. The number of rotatable bonds is 3. The number of anilines is 1. The van der Waals surface area contributed by atoms with E-state index in [1.54, 1.807) is 24.3 Å². The van der Waals surface area contributed by atoms with Crippen LogP contribution in [-0.4, -0.2) is 15.0 Å². The van der Waals surface area contributed by atoms with Crippen LogP contribution in [0.5, 0.6) is 5.75 Å². The number of ether oxygens (including phenoxy) is 1. The smallest absolute Gasteiger partial charge is 0.264 e. The molecule has 2 aromatic carbocycles. The van der Waals surface area contributed by atoms with Crippen molar-refractivity contribution in [2.45, 2.75) is 11.3 Å². The molecule has 0 saturated carbocycles. The summed E-state index contributed by atoms with van der Waals surface area (Å²) in [7, 11) is -3.83. The summed E-state index contributed by atoms with van der Waals surface area (Å²) in [6, 6.07) is 6.66. The molecule has 0 bridgehead atoms. The fraction of sp³-hybridized carbons (Fsp3) is 0.143. The van der Waals surface area contributed by atoms with E-state index in [1.165, 1.54) is 0 Å². The van der Waals surface area contributed by atoms with Gasteiger partial charge in [-0.25, -0.2) is 8.42 Å². The zero-order valence-corrected chi connectivity index (χ0v) is 17.7. The molecule has 1 aliphatic heterocycles. The van der Waals surface area contributed by atoms with Gasteiger partial charge in [0.05, 0.1) is 12.3 Å². The molecule has 0 atom stereocenters. The minimum atomic E-state index is -3.83. The van der Waals surface area contributed by atoms with E-state index >= 15 is 0 Å². The maximum Gasteiger partial charge on any atom is 0.264 e. The van der Waals surface area contributed by atoms with Crippen molar-refractivity contribution in [3.8, 4) is 5.75 Å². The third kappa shape index (κ3) is 3.56. The van der Waals surface area contributed by atoms with Crippen LogP contribution < -0.4 is 9.46 Å². The van der Waals surface area contributed by atoms with Crippen molar-refractivity contribution in [1.29, 1.82) is 0 Å². The molecule has 1 N–H and O–H groups in total. The topological polar surface area (TPSA) is 55.4 Å². The van der Waals surface area contributed by atoms with Gasteiger partial charge >= 0.3 is 0 Å². The van der Waals surface area contributed by atoms with Gasteiger partial charge in [0.25, 0.3) is 10.0 Å². The first-order valence-electron chi connectivity index (χ1n) is 6.40. The van der Waals surface area contributed by atoms with Gasteiger partial charge in [0.1, 0.15) is 10.6 Å². The molecule has 0 unspecified atom stereocenters. The highest BCUT2D eigenvalue weighted by Gasteiger charge is 2.26. The number of halogens is 4. The molecule has 4 nitrogen and oxygen atoms in total. The summed E-state index contributed by atoms with van der Waals surface area (Å²) < 4.78 is 35.3. The first kappa shape index (κ1) is 17.5. The Bertz CT molecular complexity index is 879. The average molecular weight is 546 g/mol. The average Bonchev–Trinajstić information content (AvgIpc) is 2.84. The second kappa shape index (κ2) is 6.55. The summed E-state index contributed by atoms with van der Waals surface area (Å²) >= 11 is 16.0. The summed E-state index contributed by atoms with van der Waals surface area (Å²) in [6.45, 7) is 0.510. The van der Waals surface area contributed by atoms with Crippen LogP contribution in [-0.2, 0) is 16.4 Å². The highest BCUT2D eigenvalue weighted by molar-refractivity contribution is 9.11. The van der Waals surface area contributed by atoms with Gasteiger partial charge in [-0.2, -0.15) is 0 Å². The Morgan fingerprint density at radius 3 is 2.39 bits per heavy atom. The molecule has 9 heteroatoms. The van der Waals surface area contributed by atoms with Crippen molar-refractivity contribution in [3.63, 3.8) is 0 Å². The molecular formula is C14H9Br3ClNO3S. The molecule has 1 aliphatic rings. The number of hydrogen-bond donors (Lipinski definition) is 1. The Kier molecular flexibility index (Phi) is 5.00. The summed E-state index contributed by atoms with van der Waals surface area (Å²) in [5.41, 5.74) is 1.23. The Morgan fingerprint density at radius 1 is 1.09 bits per heavy atom. The monoisotopic (exact) mass is 543 g/mol. The van der Waals surface area contributed by atoms with Crippen LogP contribution in [0, 0.1) is 0 Å². The van der Waals surface area contributed by atoms with E-state index in [0.717, 1.165) is 10.0 Å². The van der Waals surface area contributed by atoms with Crippen molar-refractivity contribution >= 4 is 75.1 Å². The Morgan fingerprint density at radius 2 is 1.74 bits per heavy atom. The van der Waals surface area contributed by atoms with Gasteiger partial charge in [-0.1, -0.05) is 27.5 Å². The van der Waals surface area contributed by atoms with Crippen molar-refractivity contribution in [2.75, 3.05) is 11.3 Å². The van der Waals surface area contributed by atoms with Crippen molar-refractivity contribution in [3.05, 3.63) is 48.3 Å². The quantitative estimate of drug-likeness (QED) is 0.564. The van der Waals surface area contributed by atoms with Gasteiger partial charge in [0.2, 0.25) is 0 Å². The first-order chi connectivity index (χ1) is 10.8. The summed E-state index contributed by atoms with van der Waals surface area (Å²) in [6.07, 6.45) is 0.705. The van der Waals surface area contributed by atoms with Crippen LogP contribution in [0.3, 0.4) is 0 Å². The zero-order chi connectivity index (χ0) is 16.8. The van der Waals surface area contributed by atoms with E-state index in [4.69, 9.17) is 16.3 Å².